The topological polar surface area (TPSA) is 12.0 Å². The highest BCUT2D eigenvalue weighted by atomic mass is 32.2. The van der Waals surface area contributed by atoms with Crippen molar-refractivity contribution in [3.63, 3.8) is 0 Å². The highest BCUT2D eigenvalue weighted by molar-refractivity contribution is 7.99. The number of benzene rings is 1. The molecule has 102 valence electrons. The van der Waals surface area contributed by atoms with Crippen molar-refractivity contribution in [3.05, 3.63) is 52.2 Å². The Hall–Kier alpha value is -0.770. The Bertz CT molecular complexity index is 479. The van der Waals surface area contributed by atoms with E-state index in [9.17, 15) is 0 Å². The second-order valence-corrected chi connectivity index (χ2v) is 6.48. The number of hydrogen-bond donors (Lipinski definition) is 1. The quantitative estimate of drug-likeness (QED) is 0.729. The Morgan fingerprint density at radius 3 is 2.79 bits per heavy atom. The van der Waals surface area contributed by atoms with Gasteiger partial charge in [0.05, 0.1) is 0 Å². The minimum atomic E-state index is 0.454. The minimum Gasteiger partial charge on any atom is -0.309 e. The summed E-state index contributed by atoms with van der Waals surface area (Å²) >= 11 is 3.72. The summed E-state index contributed by atoms with van der Waals surface area (Å²) < 4.78 is 0. The zero-order valence-electron chi connectivity index (χ0n) is 11.6. The van der Waals surface area contributed by atoms with E-state index < -0.39 is 0 Å². The highest BCUT2D eigenvalue weighted by Crippen LogP contribution is 2.28. The van der Waals surface area contributed by atoms with E-state index in [4.69, 9.17) is 0 Å². The zero-order chi connectivity index (χ0) is 13.5. The van der Waals surface area contributed by atoms with E-state index in [0.29, 0.717) is 6.04 Å². The zero-order valence-corrected chi connectivity index (χ0v) is 13.2. The van der Waals surface area contributed by atoms with Crippen molar-refractivity contribution >= 4 is 23.1 Å². The summed E-state index contributed by atoms with van der Waals surface area (Å²) in [7, 11) is 0. The molecule has 0 aliphatic rings. The highest BCUT2D eigenvalue weighted by Gasteiger charge is 2.12. The first-order valence-electron chi connectivity index (χ1n) is 6.75. The lowest BCUT2D eigenvalue weighted by atomic mass is 10.2. The van der Waals surface area contributed by atoms with Crippen LogP contribution in [0.4, 0.5) is 0 Å². The maximum absolute atomic E-state index is 3.65. The van der Waals surface area contributed by atoms with Crippen LogP contribution in [0.15, 0.2) is 46.0 Å². The van der Waals surface area contributed by atoms with Crippen LogP contribution in [0.2, 0.25) is 0 Å². The first-order valence-corrected chi connectivity index (χ1v) is 8.68. The molecule has 0 saturated carbocycles. The predicted octanol–water partition coefficient (Wildman–Crippen LogP) is 4.89. The molecular weight excluding hydrogens is 270 g/mol. The third kappa shape index (κ3) is 4.37. The third-order valence-corrected chi connectivity index (χ3v) is 5.06. The Morgan fingerprint density at radius 2 is 2.11 bits per heavy atom. The van der Waals surface area contributed by atoms with E-state index in [2.05, 4.69) is 60.3 Å². The van der Waals surface area contributed by atoms with Crippen LogP contribution in [0, 0.1) is 6.92 Å². The van der Waals surface area contributed by atoms with Gasteiger partial charge >= 0.3 is 0 Å². The molecule has 1 heterocycles. The molecule has 2 aromatic rings. The lowest BCUT2D eigenvalue weighted by Gasteiger charge is -2.17. The van der Waals surface area contributed by atoms with Gasteiger partial charge < -0.3 is 5.32 Å². The van der Waals surface area contributed by atoms with Crippen molar-refractivity contribution in [1.29, 1.82) is 0 Å². The fourth-order valence-electron chi connectivity index (χ4n) is 1.96. The van der Waals surface area contributed by atoms with Crippen molar-refractivity contribution in [2.45, 2.75) is 31.2 Å². The number of hydrogen-bond acceptors (Lipinski definition) is 3. The van der Waals surface area contributed by atoms with Crippen LogP contribution in [0.1, 0.15) is 30.5 Å². The number of nitrogens with one attached hydrogen (secondary N) is 1. The van der Waals surface area contributed by atoms with Gasteiger partial charge in [-0.3, -0.25) is 0 Å². The molecule has 2 rings (SSSR count). The summed E-state index contributed by atoms with van der Waals surface area (Å²) in [4.78, 5) is 1.39. The van der Waals surface area contributed by atoms with Crippen molar-refractivity contribution < 1.29 is 0 Å². The third-order valence-electron chi connectivity index (χ3n) is 3.09. The first kappa shape index (κ1) is 14.6. The molecule has 1 aromatic heterocycles. The summed E-state index contributed by atoms with van der Waals surface area (Å²) in [6.07, 6.45) is 1.18. The molecule has 0 aliphatic carbocycles. The molecular formula is C16H21NS2. The maximum atomic E-state index is 3.65. The summed E-state index contributed by atoms with van der Waals surface area (Å²) in [5.41, 5.74) is 2.78. The van der Waals surface area contributed by atoms with Crippen LogP contribution in [-0.4, -0.2) is 12.3 Å². The molecule has 0 saturated heterocycles. The van der Waals surface area contributed by atoms with Gasteiger partial charge in [-0.25, -0.2) is 0 Å². The van der Waals surface area contributed by atoms with E-state index in [-0.39, 0.29) is 0 Å². The molecule has 0 aliphatic heterocycles. The van der Waals surface area contributed by atoms with Crippen LogP contribution in [0.25, 0.3) is 0 Å². The SMILES string of the molecule is CCCNC(CSc1ccccc1C)c1ccsc1. The second kappa shape index (κ2) is 7.73. The van der Waals surface area contributed by atoms with Crippen molar-refractivity contribution in [2.24, 2.45) is 0 Å². The lowest BCUT2D eigenvalue weighted by molar-refractivity contribution is 0.579. The molecule has 0 spiro atoms. The molecule has 0 fully saturated rings. The van der Waals surface area contributed by atoms with Crippen LogP contribution >= 0.6 is 23.1 Å². The summed E-state index contributed by atoms with van der Waals surface area (Å²) in [6, 6.07) is 11.3. The fraction of sp³-hybridized carbons (Fsp3) is 0.375. The van der Waals surface area contributed by atoms with Gasteiger partial charge in [0.1, 0.15) is 0 Å². The maximum Gasteiger partial charge on any atom is 0.0423 e. The van der Waals surface area contributed by atoms with Crippen molar-refractivity contribution in [3.8, 4) is 0 Å². The summed E-state index contributed by atoms with van der Waals surface area (Å²) in [6.45, 7) is 5.47. The van der Waals surface area contributed by atoms with Crippen LogP contribution < -0.4 is 5.32 Å². The van der Waals surface area contributed by atoms with Crippen LogP contribution in [-0.2, 0) is 0 Å². The number of thioether (sulfide) groups is 1. The first-order chi connectivity index (χ1) is 9.31. The van der Waals surface area contributed by atoms with E-state index >= 15 is 0 Å². The van der Waals surface area contributed by atoms with Gasteiger partial charge in [0.25, 0.3) is 0 Å². The standard InChI is InChI=1S/C16H21NS2/c1-3-9-17-15(14-8-10-18-11-14)12-19-16-7-5-4-6-13(16)2/h4-8,10-11,15,17H,3,9,12H2,1-2H3. The molecule has 0 amide bonds. The fourth-order valence-corrected chi connectivity index (χ4v) is 3.80. The molecule has 3 heteroatoms. The molecule has 0 radical (unpaired) electrons. The molecule has 1 N–H and O–H groups in total. The van der Waals surface area contributed by atoms with Gasteiger partial charge in [-0.1, -0.05) is 25.1 Å². The van der Waals surface area contributed by atoms with Crippen molar-refractivity contribution in [1.82, 2.24) is 5.32 Å². The van der Waals surface area contributed by atoms with Gasteiger partial charge in [0.15, 0.2) is 0 Å². The lowest BCUT2D eigenvalue weighted by Crippen LogP contribution is -2.23. The Kier molecular flexibility index (Phi) is 5.95. The van der Waals surface area contributed by atoms with E-state index in [0.717, 1.165) is 12.3 Å². The van der Waals surface area contributed by atoms with Gasteiger partial charge in [0.2, 0.25) is 0 Å². The number of thiophene rings is 1. The molecule has 0 bridgehead atoms. The monoisotopic (exact) mass is 291 g/mol. The molecule has 19 heavy (non-hydrogen) atoms. The summed E-state index contributed by atoms with van der Waals surface area (Å²) in [5.74, 6) is 1.08. The van der Waals surface area contributed by atoms with E-state index in [1.54, 1.807) is 11.3 Å². The molecule has 1 aromatic carbocycles. The minimum absolute atomic E-state index is 0.454. The Morgan fingerprint density at radius 1 is 1.26 bits per heavy atom. The molecule has 1 nitrogen and oxygen atoms in total. The normalized spacial score (nSPS) is 12.5. The van der Waals surface area contributed by atoms with Gasteiger partial charge in [-0.2, -0.15) is 11.3 Å². The van der Waals surface area contributed by atoms with Crippen LogP contribution in [0.3, 0.4) is 0 Å². The Labute approximate surface area is 124 Å². The van der Waals surface area contributed by atoms with Gasteiger partial charge in [0, 0.05) is 16.7 Å². The van der Waals surface area contributed by atoms with Crippen molar-refractivity contribution in [2.75, 3.05) is 12.3 Å². The molecule has 1 atom stereocenters. The van der Waals surface area contributed by atoms with Crippen LogP contribution in [0.5, 0.6) is 0 Å². The number of rotatable bonds is 7. The van der Waals surface area contributed by atoms with Gasteiger partial charge in [-0.05, 0) is 53.9 Å². The second-order valence-electron chi connectivity index (χ2n) is 4.64. The number of aryl methyl sites for hydroxylation is 1. The van der Waals surface area contributed by atoms with E-state index in [1.807, 2.05) is 11.8 Å². The van der Waals surface area contributed by atoms with E-state index in [1.165, 1.54) is 22.4 Å². The predicted molar refractivity (Wildman–Crippen MR) is 87.3 cm³/mol. The average molecular weight is 291 g/mol. The smallest absolute Gasteiger partial charge is 0.0423 e. The largest absolute Gasteiger partial charge is 0.309 e. The molecule has 1 unspecified atom stereocenters. The Balaban J connectivity index is 1.99. The average Bonchev–Trinajstić information content (AvgIpc) is 2.94. The summed E-state index contributed by atoms with van der Waals surface area (Å²) in [5, 5.41) is 8.06. The van der Waals surface area contributed by atoms with Gasteiger partial charge in [-0.15, -0.1) is 11.8 Å².